The van der Waals surface area contributed by atoms with Gasteiger partial charge in [-0.3, -0.25) is 9.78 Å². The number of fused-ring (bicyclic) bond motifs is 1. The Morgan fingerprint density at radius 2 is 2.17 bits per heavy atom. The fraction of sp³-hybridized carbons (Fsp3) is 0.333. The second kappa shape index (κ2) is 4.50. The van der Waals surface area contributed by atoms with Crippen LogP contribution in [0, 0.1) is 5.92 Å². The quantitative estimate of drug-likeness (QED) is 0.821. The highest BCUT2D eigenvalue weighted by Crippen LogP contribution is 2.29. The highest BCUT2D eigenvalue weighted by Gasteiger charge is 2.29. The molecule has 2 atom stereocenters. The van der Waals surface area contributed by atoms with Crippen LogP contribution in [-0.2, 0) is 0 Å². The van der Waals surface area contributed by atoms with Crippen molar-refractivity contribution < 1.29 is 4.79 Å². The minimum absolute atomic E-state index is 0.0961. The molecular formula is C15H16N2O. The van der Waals surface area contributed by atoms with Gasteiger partial charge in [0.15, 0.2) is 5.78 Å². The van der Waals surface area contributed by atoms with Gasteiger partial charge in [-0.2, -0.15) is 0 Å². The van der Waals surface area contributed by atoms with Crippen LogP contribution in [-0.4, -0.2) is 16.8 Å². The highest BCUT2D eigenvalue weighted by molar-refractivity contribution is 6.09. The zero-order valence-electron chi connectivity index (χ0n) is 10.2. The molecule has 1 heterocycles. The molecule has 0 amide bonds. The first-order chi connectivity index (χ1) is 8.75. The number of rotatable bonds is 2. The molecule has 1 saturated carbocycles. The van der Waals surface area contributed by atoms with Gasteiger partial charge in [0.1, 0.15) is 0 Å². The van der Waals surface area contributed by atoms with Crippen molar-refractivity contribution in [1.29, 1.82) is 0 Å². The fourth-order valence-corrected chi connectivity index (χ4v) is 2.81. The summed E-state index contributed by atoms with van der Waals surface area (Å²) >= 11 is 0. The summed E-state index contributed by atoms with van der Waals surface area (Å²) in [6, 6.07) is 7.92. The number of Topliss-reactive ketones (excluding diaryl/α,β-unsaturated/α-hetero) is 1. The number of pyridine rings is 1. The molecule has 18 heavy (non-hydrogen) atoms. The van der Waals surface area contributed by atoms with Crippen LogP contribution in [0.5, 0.6) is 0 Å². The third-order valence-corrected chi connectivity index (χ3v) is 3.79. The lowest BCUT2D eigenvalue weighted by atomic mass is 9.93. The Balaban J connectivity index is 2.01. The molecule has 3 nitrogen and oxygen atoms in total. The van der Waals surface area contributed by atoms with Crippen molar-refractivity contribution in [2.24, 2.45) is 11.7 Å². The zero-order chi connectivity index (χ0) is 12.5. The summed E-state index contributed by atoms with van der Waals surface area (Å²) in [5.41, 5.74) is 6.71. The van der Waals surface area contributed by atoms with E-state index in [1.165, 1.54) is 0 Å². The number of carbonyl (C=O) groups excluding carboxylic acids is 1. The van der Waals surface area contributed by atoms with Crippen molar-refractivity contribution in [3.63, 3.8) is 0 Å². The number of nitrogens with two attached hydrogens (primary N) is 1. The smallest absolute Gasteiger partial charge is 0.166 e. The number of ketones is 1. The molecule has 2 aromatic rings. The van der Waals surface area contributed by atoms with Gasteiger partial charge in [-0.15, -0.1) is 0 Å². The molecule has 2 N–H and O–H groups in total. The van der Waals surface area contributed by atoms with Crippen LogP contribution in [0.25, 0.3) is 10.8 Å². The van der Waals surface area contributed by atoms with Crippen molar-refractivity contribution in [3.05, 3.63) is 42.2 Å². The first-order valence-corrected chi connectivity index (χ1v) is 6.38. The van der Waals surface area contributed by atoms with Gasteiger partial charge in [-0.25, -0.2) is 0 Å². The minimum atomic E-state index is 0.0961. The van der Waals surface area contributed by atoms with E-state index in [2.05, 4.69) is 4.98 Å². The first-order valence-electron chi connectivity index (χ1n) is 6.38. The van der Waals surface area contributed by atoms with Gasteiger partial charge < -0.3 is 5.73 Å². The molecule has 1 aromatic heterocycles. The third kappa shape index (κ3) is 1.91. The molecule has 0 radical (unpaired) electrons. The molecule has 3 rings (SSSR count). The number of aromatic nitrogens is 1. The van der Waals surface area contributed by atoms with Crippen molar-refractivity contribution in [2.45, 2.75) is 25.3 Å². The SMILES string of the molecule is NC1CCC(C(=O)c2cccc3cnccc23)C1. The highest BCUT2D eigenvalue weighted by atomic mass is 16.1. The predicted molar refractivity (Wildman–Crippen MR) is 71.4 cm³/mol. The molecule has 1 fully saturated rings. The van der Waals surface area contributed by atoms with Crippen molar-refractivity contribution in [1.82, 2.24) is 4.98 Å². The van der Waals surface area contributed by atoms with Crippen molar-refractivity contribution in [2.75, 3.05) is 0 Å². The van der Waals surface area contributed by atoms with E-state index >= 15 is 0 Å². The summed E-state index contributed by atoms with van der Waals surface area (Å²) in [5, 5.41) is 2.02. The summed E-state index contributed by atoms with van der Waals surface area (Å²) < 4.78 is 0. The Kier molecular flexibility index (Phi) is 2.84. The van der Waals surface area contributed by atoms with E-state index < -0.39 is 0 Å². The molecule has 0 aliphatic heterocycles. The summed E-state index contributed by atoms with van der Waals surface area (Å²) in [6.07, 6.45) is 6.23. The molecule has 0 spiro atoms. The predicted octanol–water partition coefficient (Wildman–Crippen LogP) is 2.54. The van der Waals surface area contributed by atoms with Gasteiger partial charge in [0.05, 0.1) is 0 Å². The molecule has 92 valence electrons. The van der Waals surface area contributed by atoms with Gasteiger partial charge in [-0.1, -0.05) is 18.2 Å². The number of nitrogens with zero attached hydrogens (tertiary/aromatic N) is 1. The van der Waals surface area contributed by atoms with Crippen molar-refractivity contribution >= 4 is 16.6 Å². The van der Waals surface area contributed by atoms with Crippen LogP contribution in [0.2, 0.25) is 0 Å². The molecule has 1 aliphatic carbocycles. The average Bonchev–Trinajstić information content (AvgIpc) is 2.84. The standard InChI is InChI=1S/C15H16N2O/c16-12-5-4-10(8-12)15(18)14-3-1-2-11-9-17-7-6-13(11)14/h1-3,6-7,9-10,12H,4-5,8,16H2. The number of hydrogen-bond donors (Lipinski definition) is 1. The normalized spacial score (nSPS) is 23.4. The van der Waals surface area contributed by atoms with Gasteiger partial charge in [0, 0.05) is 35.3 Å². The lowest BCUT2D eigenvalue weighted by molar-refractivity contribution is 0.0923. The average molecular weight is 240 g/mol. The summed E-state index contributed by atoms with van der Waals surface area (Å²) in [5.74, 6) is 0.332. The molecule has 0 bridgehead atoms. The Labute approximate surface area is 106 Å². The van der Waals surface area contributed by atoms with Crippen LogP contribution in [0.15, 0.2) is 36.7 Å². The van der Waals surface area contributed by atoms with Crippen LogP contribution in [0.1, 0.15) is 29.6 Å². The van der Waals surface area contributed by atoms with Gasteiger partial charge >= 0.3 is 0 Å². The molecule has 1 aromatic carbocycles. The largest absolute Gasteiger partial charge is 0.328 e. The Morgan fingerprint density at radius 1 is 1.28 bits per heavy atom. The van der Waals surface area contributed by atoms with Crippen LogP contribution in [0.4, 0.5) is 0 Å². The number of benzene rings is 1. The summed E-state index contributed by atoms with van der Waals surface area (Å²) in [7, 11) is 0. The topological polar surface area (TPSA) is 56.0 Å². The number of hydrogen-bond acceptors (Lipinski definition) is 3. The maximum Gasteiger partial charge on any atom is 0.166 e. The molecular weight excluding hydrogens is 224 g/mol. The lowest BCUT2D eigenvalue weighted by Crippen LogP contribution is -2.18. The Bertz CT molecular complexity index is 589. The maximum absolute atomic E-state index is 12.5. The van der Waals surface area contributed by atoms with E-state index in [0.29, 0.717) is 0 Å². The maximum atomic E-state index is 12.5. The monoisotopic (exact) mass is 240 g/mol. The van der Waals surface area contributed by atoms with E-state index in [4.69, 9.17) is 5.73 Å². The van der Waals surface area contributed by atoms with Crippen LogP contribution in [0.3, 0.4) is 0 Å². The molecule has 2 unspecified atom stereocenters. The van der Waals surface area contributed by atoms with E-state index in [1.54, 1.807) is 12.4 Å². The van der Waals surface area contributed by atoms with E-state index in [0.717, 1.165) is 35.6 Å². The fourth-order valence-electron chi connectivity index (χ4n) is 2.81. The second-order valence-electron chi connectivity index (χ2n) is 5.04. The molecule has 3 heteroatoms. The Hall–Kier alpha value is -1.74. The summed E-state index contributed by atoms with van der Waals surface area (Å²) in [6.45, 7) is 0. The van der Waals surface area contributed by atoms with E-state index in [-0.39, 0.29) is 17.7 Å². The second-order valence-corrected chi connectivity index (χ2v) is 5.04. The molecule has 1 aliphatic rings. The lowest BCUT2D eigenvalue weighted by Gasteiger charge is -2.10. The van der Waals surface area contributed by atoms with E-state index in [1.807, 2.05) is 24.3 Å². The molecule has 0 saturated heterocycles. The third-order valence-electron chi connectivity index (χ3n) is 3.79. The van der Waals surface area contributed by atoms with Crippen molar-refractivity contribution in [3.8, 4) is 0 Å². The minimum Gasteiger partial charge on any atom is -0.328 e. The van der Waals surface area contributed by atoms with Gasteiger partial charge in [-0.05, 0) is 30.7 Å². The summed E-state index contributed by atoms with van der Waals surface area (Å²) in [4.78, 5) is 16.6. The Morgan fingerprint density at radius 3 is 2.94 bits per heavy atom. The van der Waals surface area contributed by atoms with E-state index in [9.17, 15) is 4.79 Å². The first kappa shape index (κ1) is 11.4. The van der Waals surface area contributed by atoms with Crippen LogP contribution < -0.4 is 5.73 Å². The van der Waals surface area contributed by atoms with Gasteiger partial charge in [0.25, 0.3) is 0 Å². The van der Waals surface area contributed by atoms with Gasteiger partial charge in [0.2, 0.25) is 0 Å². The zero-order valence-corrected chi connectivity index (χ0v) is 10.2. The number of carbonyl (C=O) groups is 1. The van der Waals surface area contributed by atoms with Crippen LogP contribution >= 0.6 is 0 Å².